The lowest BCUT2D eigenvalue weighted by atomic mass is 10.1. The van der Waals surface area contributed by atoms with Crippen molar-refractivity contribution in [3.05, 3.63) is 24.0 Å². The Balaban J connectivity index is 2.18. The standard InChI is InChI=1S/C12H16N4/c1-9-8-16(10(2)6-14-9)12-4-3-11(5-13)15-7-12/h3-4,7,9-10,14H,6,8H2,1-2H3. The summed E-state index contributed by atoms with van der Waals surface area (Å²) in [4.78, 5) is 6.44. The molecule has 1 aromatic heterocycles. The molecule has 16 heavy (non-hydrogen) atoms. The van der Waals surface area contributed by atoms with Crippen molar-refractivity contribution >= 4 is 5.69 Å². The van der Waals surface area contributed by atoms with E-state index in [9.17, 15) is 0 Å². The molecule has 1 N–H and O–H groups in total. The molecular weight excluding hydrogens is 200 g/mol. The van der Waals surface area contributed by atoms with Gasteiger partial charge in [0.05, 0.1) is 11.9 Å². The molecule has 4 nitrogen and oxygen atoms in total. The zero-order valence-corrected chi connectivity index (χ0v) is 9.64. The van der Waals surface area contributed by atoms with E-state index in [4.69, 9.17) is 5.26 Å². The van der Waals surface area contributed by atoms with E-state index < -0.39 is 0 Å². The van der Waals surface area contributed by atoms with Crippen LogP contribution in [0.25, 0.3) is 0 Å². The molecule has 4 heteroatoms. The Bertz CT molecular complexity index is 392. The van der Waals surface area contributed by atoms with E-state index in [-0.39, 0.29) is 0 Å². The predicted octanol–water partition coefficient (Wildman–Crippen LogP) is 1.14. The summed E-state index contributed by atoms with van der Waals surface area (Å²) in [6, 6.07) is 6.74. The highest BCUT2D eigenvalue weighted by Gasteiger charge is 2.22. The van der Waals surface area contributed by atoms with E-state index in [0.717, 1.165) is 18.8 Å². The van der Waals surface area contributed by atoms with Crippen molar-refractivity contribution in [2.24, 2.45) is 0 Å². The van der Waals surface area contributed by atoms with Gasteiger partial charge in [0.25, 0.3) is 0 Å². The Morgan fingerprint density at radius 2 is 2.31 bits per heavy atom. The largest absolute Gasteiger partial charge is 0.365 e. The second-order valence-electron chi connectivity index (χ2n) is 4.32. The van der Waals surface area contributed by atoms with E-state index in [1.807, 2.05) is 12.1 Å². The summed E-state index contributed by atoms with van der Waals surface area (Å²) in [6.45, 7) is 6.34. The van der Waals surface area contributed by atoms with Crippen LogP contribution in [-0.4, -0.2) is 30.2 Å². The first-order valence-electron chi connectivity index (χ1n) is 5.57. The van der Waals surface area contributed by atoms with Gasteiger partial charge in [-0.2, -0.15) is 5.26 Å². The Morgan fingerprint density at radius 1 is 1.50 bits per heavy atom. The van der Waals surface area contributed by atoms with Crippen LogP contribution in [0, 0.1) is 11.3 Å². The summed E-state index contributed by atoms with van der Waals surface area (Å²) >= 11 is 0. The van der Waals surface area contributed by atoms with Crippen molar-refractivity contribution in [1.82, 2.24) is 10.3 Å². The first-order chi connectivity index (χ1) is 7.70. The van der Waals surface area contributed by atoms with Crippen LogP contribution in [0.15, 0.2) is 18.3 Å². The van der Waals surface area contributed by atoms with Gasteiger partial charge in [0.15, 0.2) is 0 Å². The molecule has 1 aliphatic heterocycles. The first-order valence-corrected chi connectivity index (χ1v) is 5.57. The molecule has 0 radical (unpaired) electrons. The maximum Gasteiger partial charge on any atom is 0.140 e. The molecule has 2 rings (SSSR count). The number of anilines is 1. The number of hydrogen-bond donors (Lipinski definition) is 1. The number of nitriles is 1. The quantitative estimate of drug-likeness (QED) is 0.765. The van der Waals surface area contributed by atoms with Crippen molar-refractivity contribution in [1.29, 1.82) is 5.26 Å². The number of pyridine rings is 1. The molecule has 0 aliphatic carbocycles. The fraction of sp³-hybridized carbons (Fsp3) is 0.500. The van der Waals surface area contributed by atoms with Crippen LogP contribution in [-0.2, 0) is 0 Å². The average Bonchev–Trinajstić information content (AvgIpc) is 2.32. The van der Waals surface area contributed by atoms with Crippen molar-refractivity contribution in [2.75, 3.05) is 18.0 Å². The molecule has 0 spiro atoms. The van der Waals surface area contributed by atoms with Crippen molar-refractivity contribution in [3.63, 3.8) is 0 Å². The lowest BCUT2D eigenvalue weighted by Gasteiger charge is -2.39. The highest BCUT2D eigenvalue weighted by Crippen LogP contribution is 2.18. The van der Waals surface area contributed by atoms with Gasteiger partial charge in [0.2, 0.25) is 0 Å². The second-order valence-corrected chi connectivity index (χ2v) is 4.32. The zero-order valence-electron chi connectivity index (χ0n) is 9.64. The fourth-order valence-electron chi connectivity index (χ4n) is 2.00. The monoisotopic (exact) mass is 216 g/mol. The van der Waals surface area contributed by atoms with Gasteiger partial charge in [-0.25, -0.2) is 4.98 Å². The number of nitrogens with one attached hydrogen (secondary N) is 1. The molecule has 1 aromatic rings. The highest BCUT2D eigenvalue weighted by molar-refractivity contribution is 5.47. The Kier molecular flexibility index (Phi) is 3.07. The Labute approximate surface area is 95.9 Å². The summed E-state index contributed by atoms with van der Waals surface area (Å²) in [7, 11) is 0. The highest BCUT2D eigenvalue weighted by atomic mass is 15.2. The number of hydrogen-bond acceptors (Lipinski definition) is 4. The third kappa shape index (κ3) is 2.15. The number of rotatable bonds is 1. The van der Waals surface area contributed by atoms with Crippen LogP contribution < -0.4 is 10.2 Å². The van der Waals surface area contributed by atoms with E-state index in [2.05, 4.69) is 29.0 Å². The number of piperazine rings is 1. The van der Waals surface area contributed by atoms with Gasteiger partial charge in [-0.05, 0) is 26.0 Å². The molecule has 0 aromatic carbocycles. The molecule has 1 aliphatic rings. The summed E-state index contributed by atoms with van der Waals surface area (Å²) in [5.74, 6) is 0. The van der Waals surface area contributed by atoms with Crippen molar-refractivity contribution < 1.29 is 0 Å². The van der Waals surface area contributed by atoms with E-state index in [1.165, 1.54) is 0 Å². The third-order valence-corrected chi connectivity index (χ3v) is 2.96. The van der Waals surface area contributed by atoms with Crippen LogP contribution in [0.3, 0.4) is 0 Å². The zero-order chi connectivity index (χ0) is 11.5. The first kappa shape index (κ1) is 10.9. The molecular formula is C12H16N4. The Hall–Kier alpha value is -1.60. The molecule has 2 unspecified atom stereocenters. The minimum absolute atomic E-state index is 0.464. The van der Waals surface area contributed by atoms with E-state index >= 15 is 0 Å². The fourth-order valence-corrected chi connectivity index (χ4v) is 2.00. The van der Waals surface area contributed by atoms with E-state index in [1.54, 1.807) is 12.3 Å². The normalized spacial score (nSPS) is 25.2. The predicted molar refractivity (Wildman–Crippen MR) is 63.2 cm³/mol. The summed E-state index contributed by atoms with van der Waals surface area (Å²) in [6.07, 6.45) is 1.78. The molecule has 0 amide bonds. The molecule has 1 fully saturated rings. The third-order valence-electron chi connectivity index (χ3n) is 2.96. The second kappa shape index (κ2) is 4.50. The van der Waals surface area contributed by atoms with Gasteiger partial charge in [-0.3, -0.25) is 0 Å². The maximum atomic E-state index is 8.70. The molecule has 2 heterocycles. The van der Waals surface area contributed by atoms with Gasteiger partial charge < -0.3 is 10.2 Å². The Morgan fingerprint density at radius 3 is 2.94 bits per heavy atom. The molecule has 1 saturated heterocycles. The summed E-state index contributed by atoms with van der Waals surface area (Å²) in [5.41, 5.74) is 1.57. The van der Waals surface area contributed by atoms with E-state index in [0.29, 0.717) is 17.8 Å². The van der Waals surface area contributed by atoms with Gasteiger partial charge >= 0.3 is 0 Å². The molecule has 0 saturated carbocycles. The lowest BCUT2D eigenvalue weighted by Crippen LogP contribution is -2.54. The molecule has 2 atom stereocenters. The van der Waals surface area contributed by atoms with Gasteiger partial charge in [0, 0.05) is 25.2 Å². The summed E-state index contributed by atoms with van der Waals surface area (Å²) < 4.78 is 0. The minimum atomic E-state index is 0.464. The molecule has 84 valence electrons. The van der Waals surface area contributed by atoms with Crippen LogP contribution in [0.1, 0.15) is 19.5 Å². The van der Waals surface area contributed by atoms with Crippen LogP contribution in [0.5, 0.6) is 0 Å². The average molecular weight is 216 g/mol. The maximum absolute atomic E-state index is 8.70. The van der Waals surface area contributed by atoms with Gasteiger partial charge in [0.1, 0.15) is 11.8 Å². The lowest BCUT2D eigenvalue weighted by molar-refractivity contribution is 0.425. The minimum Gasteiger partial charge on any atom is -0.365 e. The van der Waals surface area contributed by atoms with Crippen LogP contribution in [0.4, 0.5) is 5.69 Å². The van der Waals surface area contributed by atoms with Crippen molar-refractivity contribution in [3.8, 4) is 6.07 Å². The topological polar surface area (TPSA) is 52.0 Å². The van der Waals surface area contributed by atoms with Gasteiger partial charge in [-0.1, -0.05) is 0 Å². The smallest absolute Gasteiger partial charge is 0.140 e. The summed E-state index contributed by atoms with van der Waals surface area (Å²) in [5, 5.41) is 12.1. The number of aromatic nitrogens is 1. The van der Waals surface area contributed by atoms with Gasteiger partial charge in [-0.15, -0.1) is 0 Å². The van der Waals surface area contributed by atoms with Crippen molar-refractivity contribution in [2.45, 2.75) is 25.9 Å². The molecule has 0 bridgehead atoms. The SMILES string of the molecule is CC1CN(c2ccc(C#N)nc2)C(C)CN1. The van der Waals surface area contributed by atoms with Crippen LogP contribution in [0.2, 0.25) is 0 Å². The number of nitrogens with zero attached hydrogens (tertiary/aromatic N) is 3. The van der Waals surface area contributed by atoms with Crippen LogP contribution >= 0.6 is 0 Å².